The lowest BCUT2D eigenvalue weighted by Gasteiger charge is -2.19. The number of allylic oxidation sites excluding steroid dienone is 1. The fraction of sp³-hybridized carbons (Fsp3) is 0.467. The van der Waals surface area contributed by atoms with Crippen LogP contribution >= 0.6 is 0 Å². The molecule has 82 valence electrons. The van der Waals surface area contributed by atoms with Crippen molar-refractivity contribution >= 4 is 5.57 Å². The van der Waals surface area contributed by atoms with Gasteiger partial charge < -0.3 is 0 Å². The van der Waals surface area contributed by atoms with Crippen LogP contribution in [-0.2, 0) is 5.41 Å². The van der Waals surface area contributed by atoms with Gasteiger partial charge in [0.2, 0.25) is 0 Å². The average molecular weight is 202 g/mol. The van der Waals surface area contributed by atoms with Crippen LogP contribution in [0, 0.1) is 5.92 Å². The van der Waals surface area contributed by atoms with Crippen LogP contribution in [0.15, 0.2) is 30.8 Å². The highest BCUT2D eigenvalue weighted by Gasteiger charge is 2.13. The highest BCUT2D eigenvalue weighted by Crippen LogP contribution is 2.26. The Morgan fingerprint density at radius 3 is 1.87 bits per heavy atom. The molecule has 0 aliphatic rings. The highest BCUT2D eigenvalue weighted by atomic mass is 14.2. The molecular weight excluding hydrogens is 180 g/mol. The minimum absolute atomic E-state index is 0.234. The Balaban J connectivity index is 2.96. The molecule has 0 aliphatic carbocycles. The summed E-state index contributed by atoms with van der Waals surface area (Å²) >= 11 is 0. The first-order valence-electron chi connectivity index (χ1n) is 5.62. The molecular formula is C15H22. The maximum atomic E-state index is 4.12. The fourth-order valence-corrected chi connectivity index (χ4v) is 1.52. The molecule has 1 aromatic rings. The van der Waals surface area contributed by atoms with E-state index in [1.807, 2.05) is 0 Å². The minimum atomic E-state index is 0.234. The molecule has 1 rings (SSSR count). The zero-order valence-corrected chi connectivity index (χ0v) is 10.6. The SMILES string of the molecule is C=C(c1ccc(C(C)(C)C)cc1)C(C)C. The average Bonchev–Trinajstić information content (AvgIpc) is 2.15. The van der Waals surface area contributed by atoms with Crippen molar-refractivity contribution in [3.8, 4) is 0 Å². The summed E-state index contributed by atoms with van der Waals surface area (Å²) in [6, 6.07) is 8.79. The Hall–Kier alpha value is -1.04. The monoisotopic (exact) mass is 202 g/mol. The predicted molar refractivity (Wildman–Crippen MR) is 69.0 cm³/mol. The van der Waals surface area contributed by atoms with Crippen molar-refractivity contribution in [2.45, 2.75) is 40.0 Å². The summed E-state index contributed by atoms with van der Waals surface area (Å²) in [5.74, 6) is 0.519. The smallest absolute Gasteiger partial charge is 0.0132 e. The summed E-state index contributed by atoms with van der Waals surface area (Å²) in [7, 11) is 0. The van der Waals surface area contributed by atoms with E-state index in [0.29, 0.717) is 5.92 Å². The molecule has 0 fully saturated rings. The molecule has 0 spiro atoms. The second kappa shape index (κ2) is 4.22. The molecule has 0 nitrogen and oxygen atoms in total. The van der Waals surface area contributed by atoms with E-state index in [2.05, 4.69) is 65.5 Å². The van der Waals surface area contributed by atoms with Crippen molar-refractivity contribution < 1.29 is 0 Å². The van der Waals surface area contributed by atoms with E-state index in [9.17, 15) is 0 Å². The Bertz CT molecular complexity index is 333. The van der Waals surface area contributed by atoms with Crippen LogP contribution in [0.1, 0.15) is 45.7 Å². The second-order valence-corrected chi connectivity index (χ2v) is 5.51. The summed E-state index contributed by atoms with van der Waals surface area (Å²) in [6.07, 6.45) is 0. The zero-order valence-electron chi connectivity index (χ0n) is 10.6. The summed E-state index contributed by atoms with van der Waals surface area (Å²) in [4.78, 5) is 0. The molecule has 0 heterocycles. The van der Waals surface area contributed by atoms with Crippen molar-refractivity contribution in [2.24, 2.45) is 5.92 Å². The van der Waals surface area contributed by atoms with Crippen LogP contribution in [0.25, 0.3) is 5.57 Å². The molecule has 0 saturated carbocycles. The van der Waals surface area contributed by atoms with E-state index in [1.165, 1.54) is 16.7 Å². The standard InChI is InChI=1S/C15H22/c1-11(2)12(3)13-7-9-14(10-8-13)15(4,5)6/h7-11H,3H2,1-2,4-6H3. The maximum Gasteiger partial charge on any atom is -0.0132 e. The lowest BCUT2D eigenvalue weighted by atomic mass is 9.85. The van der Waals surface area contributed by atoms with Gasteiger partial charge in [-0.2, -0.15) is 0 Å². The quantitative estimate of drug-likeness (QED) is 0.654. The van der Waals surface area contributed by atoms with Crippen molar-refractivity contribution in [1.29, 1.82) is 0 Å². The minimum Gasteiger partial charge on any atom is -0.0950 e. The number of benzene rings is 1. The van der Waals surface area contributed by atoms with Crippen LogP contribution in [0.3, 0.4) is 0 Å². The largest absolute Gasteiger partial charge is 0.0950 e. The number of hydrogen-bond acceptors (Lipinski definition) is 0. The van der Waals surface area contributed by atoms with Gasteiger partial charge in [-0.1, -0.05) is 65.5 Å². The van der Waals surface area contributed by atoms with Gasteiger partial charge >= 0.3 is 0 Å². The van der Waals surface area contributed by atoms with Crippen molar-refractivity contribution in [3.05, 3.63) is 42.0 Å². The van der Waals surface area contributed by atoms with Crippen LogP contribution in [0.5, 0.6) is 0 Å². The number of hydrogen-bond donors (Lipinski definition) is 0. The van der Waals surface area contributed by atoms with Crippen molar-refractivity contribution in [3.63, 3.8) is 0 Å². The molecule has 0 heteroatoms. The topological polar surface area (TPSA) is 0 Å². The molecule has 0 radical (unpaired) electrons. The molecule has 0 aliphatic heterocycles. The van der Waals surface area contributed by atoms with Gasteiger partial charge in [-0.25, -0.2) is 0 Å². The molecule has 0 atom stereocenters. The van der Waals surface area contributed by atoms with E-state index in [4.69, 9.17) is 0 Å². The van der Waals surface area contributed by atoms with Gasteiger partial charge in [0.25, 0.3) is 0 Å². The lowest BCUT2D eigenvalue weighted by Crippen LogP contribution is -2.10. The Morgan fingerprint density at radius 2 is 1.53 bits per heavy atom. The van der Waals surface area contributed by atoms with E-state index >= 15 is 0 Å². The zero-order chi connectivity index (χ0) is 11.6. The Morgan fingerprint density at radius 1 is 1.07 bits per heavy atom. The normalized spacial score (nSPS) is 11.9. The van der Waals surface area contributed by atoms with E-state index in [-0.39, 0.29) is 5.41 Å². The van der Waals surface area contributed by atoms with E-state index in [1.54, 1.807) is 0 Å². The van der Waals surface area contributed by atoms with Gasteiger partial charge in [-0.05, 0) is 28.0 Å². The van der Waals surface area contributed by atoms with E-state index in [0.717, 1.165) is 0 Å². The summed E-state index contributed by atoms with van der Waals surface area (Å²) in [5.41, 5.74) is 4.09. The predicted octanol–water partition coefficient (Wildman–Crippen LogP) is 4.65. The Labute approximate surface area is 94.0 Å². The Kier molecular flexibility index (Phi) is 3.38. The molecule has 0 unspecified atom stereocenters. The molecule has 0 N–H and O–H groups in total. The summed E-state index contributed by atoms with van der Waals surface area (Å²) < 4.78 is 0. The maximum absolute atomic E-state index is 4.12. The molecule has 15 heavy (non-hydrogen) atoms. The second-order valence-electron chi connectivity index (χ2n) is 5.51. The van der Waals surface area contributed by atoms with Gasteiger partial charge in [0.05, 0.1) is 0 Å². The summed E-state index contributed by atoms with van der Waals surface area (Å²) in [6.45, 7) is 15.2. The van der Waals surface area contributed by atoms with Gasteiger partial charge in [-0.3, -0.25) is 0 Å². The molecule has 0 amide bonds. The first kappa shape index (κ1) is 12.0. The highest BCUT2D eigenvalue weighted by molar-refractivity contribution is 5.64. The van der Waals surface area contributed by atoms with Gasteiger partial charge in [-0.15, -0.1) is 0 Å². The van der Waals surface area contributed by atoms with Gasteiger partial charge in [0.1, 0.15) is 0 Å². The third-order valence-corrected chi connectivity index (χ3v) is 2.82. The van der Waals surface area contributed by atoms with Crippen LogP contribution < -0.4 is 0 Å². The fourth-order valence-electron chi connectivity index (χ4n) is 1.52. The van der Waals surface area contributed by atoms with Crippen LogP contribution in [0.2, 0.25) is 0 Å². The van der Waals surface area contributed by atoms with Gasteiger partial charge in [0.15, 0.2) is 0 Å². The third-order valence-electron chi connectivity index (χ3n) is 2.82. The first-order chi connectivity index (χ1) is 6.82. The van der Waals surface area contributed by atoms with Crippen molar-refractivity contribution in [1.82, 2.24) is 0 Å². The molecule has 0 aromatic heterocycles. The number of rotatable bonds is 2. The molecule has 1 aromatic carbocycles. The molecule has 0 bridgehead atoms. The van der Waals surface area contributed by atoms with Crippen molar-refractivity contribution in [2.75, 3.05) is 0 Å². The molecule has 0 saturated heterocycles. The third kappa shape index (κ3) is 2.95. The van der Waals surface area contributed by atoms with Crippen LogP contribution in [0.4, 0.5) is 0 Å². The van der Waals surface area contributed by atoms with Gasteiger partial charge in [0, 0.05) is 0 Å². The van der Waals surface area contributed by atoms with Crippen LogP contribution in [-0.4, -0.2) is 0 Å². The van der Waals surface area contributed by atoms with E-state index < -0.39 is 0 Å². The summed E-state index contributed by atoms with van der Waals surface area (Å²) in [5, 5.41) is 0. The first-order valence-corrected chi connectivity index (χ1v) is 5.62. The lowest BCUT2D eigenvalue weighted by molar-refractivity contribution is 0.590.